The largest absolute Gasteiger partial charge is 0.459 e. The Hall–Kier alpha value is -3.69. The lowest BCUT2D eigenvalue weighted by Crippen LogP contribution is -2.51. The van der Waals surface area contributed by atoms with Crippen molar-refractivity contribution in [3.63, 3.8) is 0 Å². The van der Waals surface area contributed by atoms with Gasteiger partial charge in [0.25, 0.3) is 11.6 Å². The van der Waals surface area contributed by atoms with Gasteiger partial charge in [-0.2, -0.15) is 0 Å². The van der Waals surface area contributed by atoms with Crippen molar-refractivity contribution in [1.29, 1.82) is 0 Å². The summed E-state index contributed by atoms with van der Waals surface area (Å²) in [6, 6.07) is 16.1. The van der Waals surface area contributed by atoms with Gasteiger partial charge in [-0.3, -0.25) is 24.6 Å². The quantitative estimate of drug-likeness (QED) is 0.433. The molecule has 1 saturated heterocycles. The van der Waals surface area contributed by atoms with Crippen molar-refractivity contribution in [3.05, 3.63) is 93.4 Å². The maximum absolute atomic E-state index is 13.3. The van der Waals surface area contributed by atoms with Crippen LogP contribution in [0.2, 0.25) is 5.02 Å². The molecule has 0 unspecified atom stereocenters. The Balaban J connectivity index is 1.52. The lowest BCUT2D eigenvalue weighted by molar-refractivity contribution is -0.384. The average molecular weight is 469 g/mol. The predicted octanol–water partition coefficient (Wildman–Crippen LogP) is 3.98. The monoisotopic (exact) mass is 468 g/mol. The van der Waals surface area contributed by atoms with Crippen molar-refractivity contribution in [2.75, 3.05) is 31.5 Å². The Morgan fingerprint density at radius 1 is 1.03 bits per heavy atom. The minimum Gasteiger partial charge on any atom is -0.459 e. The second-order valence-corrected chi connectivity index (χ2v) is 7.94. The molecule has 2 heterocycles. The van der Waals surface area contributed by atoms with E-state index in [0.29, 0.717) is 26.2 Å². The minimum absolute atomic E-state index is 0.00467. The molecule has 170 valence electrons. The number of benzene rings is 2. The van der Waals surface area contributed by atoms with Crippen LogP contribution in [0.4, 0.5) is 11.4 Å². The molecule has 33 heavy (non-hydrogen) atoms. The maximum Gasteiger partial charge on any atom is 0.289 e. The number of halogens is 1. The van der Waals surface area contributed by atoms with E-state index in [9.17, 15) is 19.7 Å². The van der Waals surface area contributed by atoms with E-state index in [4.69, 9.17) is 16.0 Å². The van der Waals surface area contributed by atoms with Crippen molar-refractivity contribution in [2.24, 2.45) is 0 Å². The summed E-state index contributed by atoms with van der Waals surface area (Å²) in [5, 5.41) is 14.0. The molecule has 1 fully saturated rings. The normalized spacial score (nSPS) is 15.1. The highest BCUT2D eigenvalue weighted by atomic mass is 35.5. The van der Waals surface area contributed by atoms with Gasteiger partial charge >= 0.3 is 0 Å². The molecule has 0 aliphatic carbocycles. The molecule has 1 aliphatic heterocycles. The first-order valence-electron chi connectivity index (χ1n) is 10.3. The number of nitro benzene ring substituents is 1. The fourth-order valence-corrected chi connectivity index (χ4v) is 4.03. The second-order valence-electron chi connectivity index (χ2n) is 7.53. The molecule has 1 N–H and O–H groups in total. The molecule has 0 bridgehead atoms. The molecule has 9 nitrogen and oxygen atoms in total. The van der Waals surface area contributed by atoms with Gasteiger partial charge in [0.2, 0.25) is 5.91 Å². The third-order valence-electron chi connectivity index (χ3n) is 5.47. The highest BCUT2D eigenvalue weighted by Gasteiger charge is 2.32. The first-order chi connectivity index (χ1) is 15.9. The molecule has 0 saturated carbocycles. The van der Waals surface area contributed by atoms with Gasteiger partial charge in [0.1, 0.15) is 11.1 Å². The van der Waals surface area contributed by atoms with Crippen LogP contribution in [-0.4, -0.2) is 52.7 Å². The van der Waals surface area contributed by atoms with E-state index in [1.54, 1.807) is 17.0 Å². The Kier molecular flexibility index (Phi) is 6.71. The van der Waals surface area contributed by atoms with Crippen molar-refractivity contribution >= 4 is 34.8 Å². The molecule has 4 rings (SSSR count). The van der Waals surface area contributed by atoms with Crippen molar-refractivity contribution in [3.8, 4) is 0 Å². The number of carbonyl (C=O) groups is 2. The van der Waals surface area contributed by atoms with Gasteiger partial charge in [-0.1, -0.05) is 41.9 Å². The van der Waals surface area contributed by atoms with Crippen LogP contribution in [0.1, 0.15) is 22.2 Å². The van der Waals surface area contributed by atoms with E-state index in [-0.39, 0.29) is 34.0 Å². The summed E-state index contributed by atoms with van der Waals surface area (Å²) >= 11 is 5.88. The van der Waals surface area contributed by atoms with Crippen LogP contribution < -0.4 is 5.32 Å². The van der Waals surface area contributed by atoms with Crippen LogP contribution in [0.5, 0.6) is 0 Å². The summed E-state index contributed by atoms with van der Waals surface area (Å²) in [6.45, 7) is 1.81. The molecule has 1 atom stereocenters. The summed E-state index contributed by atoms with van der Waals surface area (Å²) in [4.78, 5) is 40.2. The number of rotatable bonds is 6. The maximum atomic E-state index is 13.3. The highest BCUT2D eigenvalue weighted by Crippen LogP contribution is 2.29. The van der Waals surface area contributed by atoms with Crippen molar-refractivity contribution in [1.82, 2.24) is 9.80 Å². The Bertz CT molecular complexity index is 1140. The van der Waals surface area contributed by atoms with Crippen molar-refractivity contribution < 1.29 is 18.9 Å². The first kappa shape index (κ1) is 22.5. The van der Waals surface area contributed by atoms with Gasteiger partial charge in [-0.15, -0.1) is 0 Å². The first-order valence-corrected chi connectivity index (χ1v) is 10.7. The van der Waals surface area contributed by atoms with E-state index >= 15 is 0 Å². The number of carbonyl (C=O) groups excluding carboxylic acids is 2. The van der Waals surface area contributed by atoms with Crippen LogP contribution >= 0.6 is 11.6 Å². The number of piperazine rings is 1. The third-order valence-corrected chi connectivity index (χ3v) is 5.79. The zero-order chi connectivity index (χ0) is 23.4. The molecule has 0 radical (unpaired) electrons. The molecule has 10 heteroatoms. The number of amides is 2. The molecular weight excluding hydrogens is 448 g/mol. The fourth-order valence-electron chi connectivity index (χ4n) is 3.84. The summed E-state index contributed by atoms with van der Waals surface area (Å²) in [7, 11) is 0. The summed E-state index contributed by atoms with van der Waals surface area (Å²) in [6.07, 6.45) is 1.46. The lowest BCUT2D eigenvalue weighted by atomic mass is 10.0. The number of nitro groups is 1. The number of furan rings is 1. The number of anilines is 1. The SMILES string of the molecule is O=C(Nc1ccc(Cl)c([N+](=O)[O-])c1)[C@H](c1ccccc1)N1CCN(C(=O)c2ccco2)CC1. The van der Waals surface area contributed by atoms with Crippen LogP contribution in [0.15, 0.2) is 71.3 Å². The van der Waals surface area contributed by atoms with E-state index in [1.807, 2.05) is 35.2 Å². The predicted molar refractivity (Wildman–Crippen MR) is 122 cm³/mol. The Morgan fingerprint density at radius 2 is 1.76 bits per heavy atom. The van der Waals surface area contributed by atoms with Gasteiger partial charge < -0.3 is 14.6 Å². The highest BCUT2D eigenvalue weighted by molar-refractivity contribution is 6.32. The van der Waals surface area contributed by atoms with Crippen LogP contribution in [0, 0.1) is 10.1 Å². The second kappa shape index (κ2) is 9.85. The summed E-state index contributed by atoms with van der Waals surface area (Å²) in [5.74, 6) is -0.234. The minimum atomic E-state index is -0.637. The molecule has 1 aliphatic rings. The molecule has 3 aromatic rings. The van der Waals surface area contributed by atoms with Gasteiger partial charge in [-0.05, 0) is 29.8 Å². The van der Waals surface area contributed by atoms with Crippen LogP contribution in [-0.2, 0) is 4.79 Å². The fraction of sp³-hybridized carbons (Fsp3) is 0.217. The number of hydrogen-bond donors (Lipinski definition) is 1. The van der Waals surface area contributed by atoms with Gasteiger partial charge in [0.05, 0.1) is 11.2 Å². The smallest absolute Gasteiger partial charge is 0.289 e. The lowest BCUT2D eigenvalue weighted by Gasteiger charge is -2.38. The topological polar surface area (TPSA) is 109 Å². The van der Waals surface area contributed by atoms with Crippen LogP contribution in [0.3, 0.4) is 0 Å². The number of hydrogen-bond acceptors (Lipinski definition) is 6. The summed E-state index contributed by atoms with van der Waals surface area (Å²) < 4.78 is 5.21. The van der Waals surface area contributed by atoms with Gasteiger partial charge in [0, 0.05) is 37.9 Å². The van der Waals surface area contributed by atoms with Crippen LogP contribution in [0.25, 0.3) is 0 Å². The standard InChI is InChI=1S/C23H21ClN4O5/c24-18-9-8-17(15-19(18)28(31)32)25-22(29)21(16-5-2-1-3-6-16)26-10-12-27(13-11-26)23(30)20-7-4-14-33-20/h1-9,14-15,21H,10-13H2,(H,25,29)/t21-/m0/s1. The summed E-state index contributed by atoms with van der Waals surface area (Å²) in [5.41, 5.74) is 0.781. The Morgan fingerprint density at radius 3 is 2.39 bits per heavy atom. The van der Waals surface area contributed by atoms with E-state index < -0.39 is 11.0 Å². The van der Waals surface area contributed by atoms with E-state index in [0.717, 1.165) is 5.56 Å². The third kappa shape index (κ3) is 5.05. The van der Waals surface area contributed by atoms with Gasteiger partial charge in [-0.25, -0.2) is 0 Å². The van der Waals surface area contributed by atoms with Crippen molar-refractivity contribution in [2.45, 2.75) is 6.04 Å². The number of nitrogens with one attached hydrogen (secondary N) is 1. The Labute approximate surface area is 194 Å². The number of nitrogens with zero attached hydrogens (tertiary/aromatic N) is 3. The molecule has 1 aromatic heterocycles. The average Bonchev–Trinajstić information content (AvgIpc) is 3.36. The molecule has 2 aromatic carbocycles. The zero-order valence-electron chi connectivity index (χ0n) is 17.5. The van der Waals surface area contributed by atoms with Gasteiger partial charge in [0.15, 0.2) is 5.76 Å². The zero-order valence-corrected chi connectivity index (χ0v) is 18.3. The van der Waals surface area contributed by atoms with E-state index in [1.165, 1.54) is 24.5 Å². The molecule has 2 amide bonds. The molecule has 0 spiro atoms. The molecular formula is C23H21ClN4O5. The van der Waals surface area contributed by atoms with E-state index in [2.05, 4.69) is 5.32 Å².